The third kappa shape index (κ3) is 5.09. The number of ether oxygens (including phenoxy) is 1. The largest absolute Gasteiger partial charge is 0.466 e. The van der Waals surface area contributed by atoms with Crippen LogP contribution in [0.2, 0.25) is 0 Å². The highest BCUT2D eigenvalue weighted by Crippen LogP contribution is 2.35. The SMILES string of the molecule is COC(=O)C=C(C)C=CC(F)=C(C)c1ccc2c(c1)CCC(C)N2C(C)C. The van der Waals surface area contributed by atoms with Crippen molar-refractivity contribution < 1.29 is 13.9 Å². The smallest absolute Gasteiger partial charge is 0.330 e. The molecule has 0 bridgehead atoms. The number of rotatable bonds is 5. The Labute approximate surface area is 162 Å². The second-order valence-electron chi connectivity index (χ2n) is 7.45. The molecule has 146 valence electrons. The van der Waals surface area contributed by atoms with Crippen LogP contribution in [0, 0.1) is 0 Å². The number of methoxy groups -OCH3 is 1. The highest BCUT2D eigenvalue weighted by molar-refractivity contribution is 5.83. The molecule has 0 amide bonds. The van der Waals surface area contributed by atoms with Crippen LogP contribution in [0.4, 0.5) is 10.1 Å². The molecule has 0 aromatic heterocycles. The van der Waals surface area contributed by atoms with Crippen molar-refractivity contribution in [2.45, 2.75) is 59.5 Å². The zero-order valence-electron chi connectivity index (χ0n) is 17.2. The molecule has 0 aliphatic carbocycles. The molecule has 27 heavy (non-hydrogen) atoms. The van der Waals surface area contributed by atoms with Gasteiger partial charge in [0.1, 0.15) is 5.83 Å². The minimum atomic E-state index is -0.447. The average Bonchev–Trinajstić information content (AvgIpc) is 2.64. The molecule has 3 nitrogen and oxygen atoms in total. The van der Waals surface area contributed by atoms with Crippen molar-refractivity contribution in [3.63, 3.8) is 0 Å². The maximum absolute atomic E-state index is 14.6. The molecule has 0 radical (unpaired) electrons. The van der Waals surface area contributed by atoms with Gasteiger partial charge in [-0.2, -0.15) is 0 Å². The van der Waals surface area contributed by atoms with Gasteiger partial charge in [-0.1, -0.05) is 12.1 Å². The van der Waals surface area contributed by atoms with E-state index in [1.165, 1.54) is 30.5 Å². The lowest BCUT2D eigenvalue weighted by atomic mass is 9.92. The molecule has 2 rings (SSSR count). The van der Waals surface area contributed by atoms with Crippen molar-refractivity contribution in [3.8, 4) is 0 Å². The fourth-order valence-electron chi connectivity index (χ4n) is 3.56. The summed E-state index contributed by atoms with van der Waals surface area (Å²) in [7, 11) is 1.32. The average molecular weight is 371 g/mol. The monoisotopic (exact) mass is 371 g/mol. The lowest BCUT2D eigenvalue weighted by molar-refractivity contribution is -0.134. The van der Waals surface area contributed by atoms with Crippen molar-refractivity contribution in [2.75, 3.05) is 12.0 Å². The highest BCUT2D eigenvalue weighted by atomic mass is 19.1. The summed E-state index contributed by atoms with van der Waals surface area (Å²) in [4.78, 5) is 13.7. The molecule has 1 aromatic carbocycles. The number of esters is 1. The van der Waals surface area contributed by atoms with Crippen LogP contribution in [0.3, 0.4) is 0 Å². The second-order valence-corrected chi connectivity index (χ2v) is 7.45. The molecule has 0 saturated carbocycles. The van der Waals surface area contributed by atoms with E-state index in [0.29, 0.717) is 23.2 Å². The minimum absolute atomic E-state index is 0.308. The van der Waals surface area contributed by atoms with E-state index in [0.717, 1.165) is 18.4 Å². The summed E-state index contributed by atoms with van der Waals surface area (Å²) in [6.45, 7) is 10.2. The van der Waals surface area contributed by atoms with Crippen LogP contribution in [-0.4, -0.2) is 25.2 Å². The zero-order valence-corrected chi connectivity index (χ0v) is 17.2. The van der Waals surface area contributed by atoms with Crippen LogP contribution in [0.15, 0.2) is 47.8 Å². The topological polar surface area (TPSA) is 29.5 Å². The van der Waals surface area contributed by atoms with Gasteiger partial charge in [0.15, 0.2) is 0 Å². The molecule has 1 heterocycles. The summed E-state index contributed by atoms with van der Waals surface area (Å²) < 4.78 is 19.2. The lowest BCUT2D eigenvalue weighted by Gasteiger charge is -2.40. The summed E-state index contributed by atoms with van der Waals surface area (Å²) >= 11 is 0. The maximum atomic E-state index is 14.6. The van der Waals surface area contributed by atoms with Crippen molar-refractivity contribution in [1.29, 1.82) is 0 Å². The van der Waals surface area contributed by atoms with Gasteiger partial charge in [-0.15, -0.1) is 0 Å². The van der Waals surface area contributed by atoms with Gasteiger partial charge in [0.25, 0.3) is 0 Å². The van der Waals surface area contributed by atoms with Crippen molar-refractivity contribution in [2.24, 2.45) is 0 Å². The number of hydrogen-bond donors (Lipinski definition) is 0. The molecule has 1 aromatic rings. The van der Waals surface area contributed by atoms with Gasteiger partial charge >= 0.3 is 5.97 Å². The Bertz CT molecular complexity index is 790. The summed E-state index contributed by atoms with van der Waals surface area (Å²) in [6.07, 6.45) is 6.43. The minimum Gasteiger partial charge on any atom is -0.466 e. The van der Waals surface area contributed by atoms with E-state index in [1.54, 1.807) is 19.9 Å². The summed E-state index contributed by atoms with van der Waals surface area (Å²) in [5, 5.41) is 0. The van der Waals surface area contributed by atoms with E-state index in [-0.39, 0.29) is 5.83 Å². The number of aryl methyl sites for hydroxylation is 1. The van der Waals surface area contributed by atoms with Crippen molar-refractivity contribution in [3.05, 3.63) is 59.0 Å². The summed E-state index contributed by atoms with van der Waals surface area (Å²) in [5.41, 5.74) is 4.65. The molecular formula is C23H30FNO2. The van der Waals surface area contributed by atoms with Crippen molar-refractivity contribution in [1.82, 2.24) is 0 Å². The van der Waals surface area contributed by atoms with Gasteiger partial charge in [-0.05, 0) is 87.9 Å². The van der Waals surface area contributed by atoms with Gasteiger partial charge in [0.05, 0.1) is 7.11 Å². The van der Waals surface area contributed by atoms with Crippen LogP contribution in [0.1, 0.15) is 52.2 Å². The van der Waals surface area contributed by atoms with Crippen molar-refractivity contribution >= 4 is 17.2 Å². The number of allylic oxidation sites excluding steroid dienone is 5. The normalized spacial score (nSPS) is 18.6. The zero-order chi connectivity index (χ0) is 20.1. The van der Waals surface area contributed by atoms with E-state index in [2.05, 4.69) is 42.5 Å². The van der Waals surface area contributed by atoms with Gasteiger partial charge in [0.2, 0.25) is 0 Å². The van der Waals surface area contributed by atoms with E-state index < -0.39 is 5.97 Å². The number of halogens is 1. The predicted octanol–water partition coefficient (Wildman–Crippen LogP) is 5.61. The highest BCUT2D eigenvalue weighted by Gasteiger charge is 2.25. The molecule has 0 N–H and O–H groups in total. The van der Waals surface area contributed by atoms with Crippen LogP contribution in [-0.2, 0) is 16.0 Å². The molecule has 0 fully saturated rings. The molecule has 1 aliphatic rings. The molecule has 0 spiro atoms. The van der Waals surface area contributed by atoms with Crippen LogP contribution < -0.4 is 4.90 Å². The number of anilines is 1. The Hall–Kier alpha value is -2.36. The first-order valence-electron chi connectivity index (χ1n) is 9.47. The van der Waals surface area contributed by atoms with Crippen LogP contribution >= 0.6 is 0 Å². The molecule has 0 saturated heterocycles. The van der Waals surface area contributed by atoms with Crippen LogP contribution in [0.5, 0.6) is 0 Å². The number of carbonyl (C=O) groups is 1. The summed E-state index contributed by atoms with van der Waals surface area (Å²) in [6, 6.07) is 7.17. The molecule has 1 aliphatic heterocycles. The van der Waals surface area contributed by atoms with Gasteiger partial charge in [-0.3, -0.25) is 0 Å². The number of nitrogens with zero attached hydrogens (tertiary/aromatic N) is 1. The summed E-state index contributed by atoms with van der Waals surface area (Å²) in [5.74, 6) is -0.755. The Morgan fingerprint density at radius 2 is 2.00 bits per heavy atom. The lowest BCUT2D eigenvalue weighted by Crippen LogP contribution is -2.42. The number of carbonyl (C=O) groups excluding carboxylic acids is 1. The first-order chi connectivity index (χ1) is 12.7. The molecule has 4 heteroatoms. The maximum Gasteiger partial charge on any atom is 0.330 e. The van der Waals surface area contributed by atoms with E-state index in [9.17, 15) is 9.18 Å². The van der Waals surface area contributed by atoms with Gasteiger partial charge < -0.3 is 9.64 Å². The van der Waals surface area contributed by atoms with E-state index >= 15 is 0 Å². The fraction of sp³-hybridized carbons (Fsp3) is 0.435. The standard InChI is InChI=1S/C23H30FNO2/c1-15(2)25-17(4)8-9-20-14-19(10-12-22(20)25)18(5)21(24)11-7-16(3)13-23(26)27-6/h7,10-15,17H,8-9H2,1-6H3. The van der Waals surface area contributed by atoms with E-state index in [4.69, 9.17) is 0 Å². The fourth-order valence-corrected chi connectivity index (χ4v) is 3.56. The van der Waals surface area contributed by atoms with Crippen LogP contribution in [0.25, 0.3) is 5.57 Å². The first-order valence-corrected chi connectivity index (χ1v) is 9.47. The number of fused-ring (bicyclic) bond motifs is 1. The number of hydrogen-bond acceptors (Lipinski definition) is 3. The quantitative estimate of drug-likeness (QED) is 0.383. The Kier molecular flexibility index (Phi) is 7.00. The Balaban J connectivity index is 2.29. The predicted molar refractivity (Wildman–Crippen MR) is 110 cm³/mol. The third-order valence-corrected chi connectivity index (χ3v) is 5.05. The van der Waals surface area contributed by atoms with Gasteiger partial charge in [0, 0.05) is 23.8 Å². The Morgan fingerprint density at radius 1 is 1.30 bits per heavy atom. The second kappa shape index (κ2) is 9.03. The number of benzene rings is 1. The molecule has 1 unspecified atom stereocenters. The van der Waals surface area contributed by atoms with Gasteiger partial charge in [-0.25, -0.2) is 9.18 Å². The van der Waals surface area contributed by atoms with E-state index in [1.807, 2.05) is 6.07 Å². The third-order valence-electron chi connectivity index (χ3n) is 5.05. The molecule has 1 atom stereocenters. The molecular weight excluding hydrogens is 341 g/mol. The Morgan fingerprint density at radius 3 is 2.63 bits per heavy atom. The first kappa shape index (κ1) is 20.9.